The summed E-state index contributed by atoms with van der Waals surface area (Å²) in [5.74, 6) is -4.46. The molecule has 13 heteroatoms. The van der Waals surface area contributed by atoms with Crippen LogP contribution in [0.4, 0.5) is 8.78 Å². The van der Waals surface area contributed by atoms with Crippen LogP contribution in [0.1, 0.15) is 52.4 Å². The Morgan fingerprint density at radius 3 is 2.42 bits per heavy atom. The second kappa shape index (κ2) is 9.60. The van der Waals surface area contributed by atoms with E-state index in [1.54, 1.807) is 0 Å². The quantitative estimate of drug-likeness (QED) is 0.300. The van der Waals surface area contributed by atoms with Crippen molar-refractivity contribution in [1.82, 2.24) is 26.0 Å². The SMILES string of the molecule is CC1(C)[C@@H]2[C@@H](C(=O)NN(C[C@@H]3CCNC3=O)C(=O)[C@@H](F)Cl)N(C(=O)[C@@H](NC(=O)C3(F)CC3)C3CCC3)C[C@@H]21. The largest absolute Gasteiger partial charge is 0.356 e. The van der Waals surface area contributed by atoms with Gasteiger partial charge in [0, 0.05) is 13.1 Å². The van der Waals surface area contributed by atoms with Crippen molar-refractivity contribution in [3.8, 4) is 0 Å². The number of amides is 5. The van der Waals surface area contributed by atoms with Crippen LogP contribution in [0, 0.1) is 29.1 Å². The van der Waals surface area contributed by atoms with Crippen LogP contribution in [0.25, 0.3) is 0 Å². The number of carbonyl (C=O) groups excluding carboxylic acids is 5. The molecule has 0 unspecified atom stereocenters. The second-order valence-electron chi connectivity index (χ2n) is 12.0. The summed E-state index contributed by atoms with van der Waals surface area (Å²) in [5, 5.41) is 5.98. The summed E-state index contributed by atoms with van der Waals surface area (Å²) in [6.45, 7) is 4.38. The Morgan fingerprint density at radius 1 is 1.21 bits per heavy atom. The predicted octanol–water partition coefficient (Wildman–Crippen LogP) is 0.787. The van der Waals surface area contributed by atoms with Gasteiger partial charge in [-0.3, -0.25) is 29.4 Å². The Bertz CT molecular complexity index is 1050. The molecule has 2 aliphatic heterocycles. The minimum atomic E-state index is -2.43. The van der Waals surface area contributed by atoms with Gasteiger partial charge in [0.1, 0.15) is 12.1 Å². The maximum Gasteiger partial charge on any atom is 0.291 e. The summed E-state index contributed by atoms with van der Waals surface area (Å²) >= 11 is 5.39. The Kier molecular flexibility index (Phi) is 6.84. The van der Waals surface area contributed by atoms with E-state index in [9.17, 15) is 32.8 Å². The van der Waals surface area contributed by atoms with Crippen LogP contribution in [-0.4, -0.2) is 82.5 Å². The van der Waals surface area contributed by atoms with Crippen molar-refractivity contribution >= 4 is 41.1 Å². The molecule has 210 valence electrons. The fraction of sp³-hybridized carbons (Fsp3) is 0.800. The first kappa shape index (κ1) is 27.1. The van der Waals surface area contributed by atoms with Crippen LogP contribution in [0.2, 0.25) is 0 Å². The number of hydrazine groups is 1. The van der Waals surface area contributed by atoms with Crippen molar-refractivity contribution in [3.05, 3.63) is 0 Å². The third-order valence-electron chi connectivity index (χ3n) is 9.29. The Morgan fingerprint density at radius 2 is 1.89 bits per heavy atom. The number of alkyl halides is 3. The molecule has 5 fully saturated rings. The molecule has 2 saturated heterocycles. The number of rotatable bonds is 8. The van der Waals surface area contributed by atoms with Crippen molar-refractivity contribution in [2.45, 2.75) is 75.8 Å². The molecular weight excluding hydrogens is 524 g/mol. The van der Waals surface area contributed by atoms with Crippen LogP contribution in [0.3, 0.4) is 0 Å². The lowest BCUT2D eigenvalue weighted by Crippen LogP contribution is -2.61. The standard InChI is InChI=1S/C25H34ClF2N5O5/c1-24(2)14-11-32(21(36)16(12-4-3-5-12)30-23(38)25(28)7-8-25)17(15(14)24)20(35)31-33(22(37)18(26)27)10-13-6-9-29-19(13)34/h12-18H,3-11H2,1-2H3,(H,29,34)(H,30,38)(H,31,35)/t13-,14-,15-,16-,17-,18+/m0/s1. The summed E-state index contributed by atoms with van der Waals surface area (Å²) in [7, 11) is 0. The van der Waals surface area contributed by atoms with E-state index in [0.29, 0.717) is 25.8 Å². The topological polar surface area (TPSA) is 128 Å². The summed E-state index contributed by atoms with van der Waals surface area (Å²) in [4.78, 5) is 65.9. The molecule has 10 nitrogen and oxygen atoms in total. The zero-order valence-corrected chi connectivity index (χ0v) is 22.2. The maximum atomic E-state index is 14.4. The zero-order chi connectivity index (χ0) is 27.6. The molecule has 3 aliphatic carbocycles. The second-order valence-corrected chi connectivity index (χ2v) is 12.4. The van der Waals surface area contributed by atoms with Gasteiger partial charge < -0.3 is 15.5 Å². The van der Waals surface area contributed by atoms with Gasteiger partial charge in [-0.2, -0.15) is 0 Å². The molecule has 5 aliphatic rings. The van der Waals surface area contributed by atoms with Gasteiger partial charge >= 0.3 is 0 Å². The first-order valence-electron chi connectivity index (χ1n) is 13.3. The molecule has 0 bridgehead atoms. The Balaban J connectivity index is 1.35. The van der Waals surface area contributed by atoms with E-state index >= 15 is 0 Å². The first-order chi connectivity index (χ1) is 17.8. The lowest BCUT2D eigenvalue weighted by Gasteiger charge is -2.39. The van der Waals surface area contributed by atoms with Crippen molar-refractivity contribution in [2.24, 2.45) is 29.1 Å². The van der Waals surface area contributed by atoms with E-state index in [0.717, 1.165) is 11.4 Å². The summed E-state index contributed by atoms with van der Waals surface area (Å²) in [5.41, 5.74) is -2.18. The minimum Gasteiger partial charge on any atom is -0.356 e. The van der Waals surface area contributed by atoms with E-state index in [2.05, 4.69) is 16.1 Å². The van der Waals surface area contributed by atoms with Crippen LogP contribution in [0.5, 0.6) is 0 Å². The minimum absolute atomic E-state index is 0.0163. The number of nitrogens with zero attached hydrogens (tertiary/aromatic N) is 2. The summed E-state index contributed by atoms with van der Waals surface area (Å²) in [6.07, 6.45) is 2.95. The molecular formula is C25H34ClF2N5O5. The molecule has 2 heterocycles. The van der Waals surface area contributed by atoms with Crippen LogP contribution >= 0.6 is 11.6 Å². The van der Waals surface area contributed by atoms with Crippen LogP contribution in [-0.2, 0) is 24.0 Å². The fourth-order valence-electron chi connectivity index (χ4n) is 6.30. The average molecular weight is 558 g/mol. The van der Waals surface area contributed by atoms with Gasteiger partial charge in [0.15, 0.2) is 5.67 Å². The number of fused-ring (bicyclic) bond motifs is 1. The molecule has 5 amide bonds. The molecule has 0 aromatic carbocycles. The highest BCUT2D eigenvalue weighted by atomic mass is 35.5. The number of piperidine rings is 1. The lowest BCUT2D eigenvalue weighted by atomic mass is 9.78. The van der Waals surface area contributed by atoms with Gasteiger partial charge in [0.2, 0.25) is 11.8 Å². The summed E-state index contributed by atoms with van der Waals surface area (Å²) < 4.78 is 28.2. The highest BCUT2D eigenvalue weighted by molar-refractivity contribution is 6.29. The Hall–Kier alpha value is -2.50. The molecule has 5 rings (SSSR count). The van der Waals surface area contributed by atoms with Crippen molar-refractivity contribution in [1.29, 1.82) is 0 Å². The molecule has 38 heavy (non-hydrogen) atoms. The van der Waals surface area contributed by atoms with E-state index < -0.39 is 52.9 Å². The van der Waals surface area contributed by atoms with Crippen LogP contribution < -0.4 is 16.1 Å². The van der Waals surface area contributed by atoms with E-state index in [1.807, 2.05) is 13.8 Å². The molecule has 0 spiro atoms. The first-order valence-corrected chi connectivity index (χ1v) is 13.8. The molecule has 3 saturated carbocycles. The highest BCUT2D eigenvalue weighted by Crippen LogP contribution is 2.65. The van der Waals surface area contributed by atoms with Gasteiger partial charge in [0.05, 0.1) is 12.5 Å². The average Bonchev–Trinajstić information content (AvgIpc) is 3.50. The molecule has 0 aromatic rings. The van der Waals surface area contributed by atoms with Gasteiger partial charge in [-0.15, -0.1) is 0 Å². The van der Waals surface area contributed by atoms with E-state index in [1.165, 1.54) is 4.90 Å². The molecule has 6 atom stereocenters. The maximum absolute atomic E-state index is 14.4. The predicted molar refractivity (Wildman–Crippen MR) is 130 cm³/mol. The van der Waals surface area contributed by atoms with Crippen molar-refractivity contribution < 1.29 is 32.8 Å². The van der Waals surface area contributed by atoms with Gasteiger partial charge in [-0.1, -0.05) is 31.9 Å². The van der Waals surface area contributed by atoms with Crippen molar-refractivity contribution in [2.75, 3.05) is 19.6 Å². The molecule has 0 radical (unpaired) electrons. The third kappa shape index (κ3) is 4.73. The number of likely N-dealkylation sites (tertiary alicyclic amines) is 1. The van der Waals surface area contributed by atoms with Crippen molar-refractivity contribution in [3.63, 3.8) is 0 Å². The number of hydrogen-bond donors (Lipinski definition) is 3. The lowest BCUT2D eigenvalue weighted by molar-refractivity contribution is -0.151. The zero-order valence-electron chi connectivity index (χ0n) is 21.5. The number of hydrogen-bond acceptors (Lipinski definition) is 5. The van der Waals surface area contributed by atoms with E-state index in [4.69, 9.17) is 11.6 Å². The highest BCUT2D eigenvalue weighted by Gasteiger charge is 2.70. The summed E-state index contributed by atoms with van der Waals surface area (Å²) in [6, 6.07) is -1.93. The monoisotopic (exact) mass is 557 g/mol. The van der Waals surface area contributed by atoms with E-state index in [-0.39, 0.29) is 55.0 Å². The number of nitrogens with one attached hydrogen (secondary N) is 3. The number of halogens is 3. The fourth-order valence-corrected chi connectivity index (χ4v) is 6.42. The Labute approximate surface area is 224 Å². The van der Waals surface area contributed by atoms with Crippen LogP contribution in [0.15, 0.2) is 0 Å². The normalized spacial score (nSPS) is 31.8. The molecule has 0 aromatic heterocycles. The smallest absolute Gasteiger partial charge is 0.291 e. The third-order valence-corrected chi connectivity index (χ3v) is 9.48. The van der Waals surface area contributed by atoms with Gasteiger partial charge in [-0.05, 0) is 55.3 Å². The number of carbonyl (C=O) groups is 5. The van der Waals surface area contributed by atoms with Gasteiger partial charge in [0.25, 0.3) is 23.4 Å². The van der Waals surface area contributed by atoms with Gasteiger partial charge in [-0.25, -0.2) is 13.8 Å². The molecule has 3 N–H and O–H groups in total.